The molecule has 0 aliphatic heterocycles. The van der Waals surface area contributed by atoms with Crippen LogP contribution in [0.2, 0.25) is 5.02 Å². The Labute approximate surface area is 107 Å². The molecular formula is C11H11BrClN3. The molecule has 1 heterocycles. The summed E-state index contributed by atoms with van der Waals surface area (Å²) < 4.78 is 2.57. The third-order valence-corrected chi connectivity index (χ3v) is 3.30. The SMILES string of the molecule is Cc1cc(Cl)ccc1Cn1ncc(Br)c1N. The fourth-order valence-electron chi connectivity index (χ4n) is 1.50. The molecule has 2 rings (SSSR count). The van der Waals surface area contributed by atoms with E-state index in [1.54, 1.807) is 10.9 Å². The maximum Gasteiger partial charge on any atom is 0.136 e. The second-order valence-electron chi connectivity index (χ2n) is 3.61. The zero-order valence-corrected chi connectivity index (χ0v) is 11.1. The summed E-state index contributed by atoms with van der Waals surface area (Å²) in [7, 11) is 0. The third-order valence-electron chi connectivity index (χ3n) is 2.46. The van der Waals surface area contributed by atoms with Gasteiger partial charge in [-0.05, 0) is 46.1 Å². The fourth-order valence-corrected chi connectivity index (χ4v) is 2.02. The molecule has 2 N–H and O–H groups in total. The van der Waals surface area contributed by atoms with Gasteiger partial charge >= 0.3 is 0 Å². The molecule has 1 aromatic heterocycles. The normalized spacial score (nSPS) is 10.7. The topological polar surface area (TPSA) is 43.8 Å². The highest BCUT2D eigenvalue weighted by Crippen LogP contribution is 2.21. The van der Waals surface area contributed by atoms with E-state index in [0.717, 1.165) is 20.6 Å². The summed E-state index contributed by atoms with van der Waals surface area (Å²) in [6.07, 6.45) is 1.70. The zero-order valence-electron chi connectivity index (χ0n) is 8.74. The molecule has 0 saturated carbocycles. The van der Waals surface area contributed by atoms with Crippen LogP contribution in [0.3, 0.4) is 0 Å². The minimum atomic E-state index is 0.634. The van der Waals surface area contributed by atoms with E-state index >= 15 is 0 Å². The molecule has 2 aromatic rings. The van der Waals surface area contributed by atoms with Crippen LogP contribution < -0.4 is 5.73 Å². The Bertz CT molecular complexity index is 522. The number of nitrogens with zero attached hydrogens (tertiary/aromatic N) is 2. The summed E-state index contributed by atoms with van der Waals surface area (Å²) in [5.74, 6) is 0.634. The number of benzene rings is 1. The summed E-state index contributed by atoms with van der Waals surface area (Å²) in [6, 6.07) is 5.80. The molecule has 0 radical (unpaired) electrons. The van der Waals surface area contributed by atoms with Crippen molar-refractivity contribution in [2.75, 3.05) is 5.73 Å². The van der Waals surface area contributed by atoms with Gasteiger partial charge in [-0.2, -0.15) is 5.10 Å². The van der Waals surface area contributed by atoms with E-state index in [4.69, 9.17) is 17.3 Å². The van der Waals surface area contributed by atoms with Gasteiger partial charge in [0.1, 0.15) is 5.82 Å². The minimum absolute atomic E-state index is 0.634. The summed E-state index contributed by atoms with van der Waals surface area (Å²) in [5, 5.41) is 4.93. The Morgan fingerprint density at radius 1 is 1.50 bits per heavy atom. The van der Waals surface area contributed by atoms with Crippen LogP contribution in [0.25, 0.3) is 0 Å². The van der Waals surface area contributed by atoms with Gasteiger partial charge in [-0.1, -0.05) is 17.7 Å². The summed E-state index contributed by atoms with van der Waals surface area (Å²) in [6.45, 7) is 2.68. The Kier molecular flexibility index (Phi) is 3.21. The molecule has 0 amide bonds. The van der Waals surface area contributed by atoms with E-state index in [0.29, 0.717) is 12.4 Å². The molecule has 0 fully saturated rings. The standard InChI is InChI=1S/C11H11BrClN3/c1-7-4-9(13)3-2-8(7)6-16-11(14)10(12)5-15-16/h2-5H,6,14H2,1H3. The quantitative estimate of drug-likeness (QED) is 0.925. The predicted octanol–water partition coefficient (Wildman–Crippen LogP) is 3.24. The summed E-state index contributed by atoms with van der Waals surface area (Å²) >= 11 is 9.23. The van der Waals surface area contributed by atoms with Gasteiger partial charge in [-0.15, -0.1) is 0 Å². The molecular weight excluding hydrogens is 289 g/mol. The number of aryl methyl sites for hydroxylation is 1. The van der Waals surface area contributed by atoms with Crippen molar-refractivity contribution in [3.63, 3.8) is 0 Å². The van der Waals surface area contributed by atoms with Crippen molar-refractivity contribution in [3.05, 3.63) is 45.0 Å². The van der Waals surface area contributed by atoms with Crippen molar-refractivity contribution in [2.24, 2.45) is 0 Å². The molecule has 0 bridgehead atoms. The minimum Gasteiger partial charge on any atom is -0.383 e. The smallest absolute Gasteiger partial charge is 0.136 e. The van der Waals surface area contributed by atoms with Gasteiger partial charge in [-0.25, -0.2) is 4.68 Å². The van der Waals surface area contributed by atoms with E-state index in [9.17, 15) is 0 Å². The van der Waals surface area contributed by atoms with Crippen LogP contribution in [0.4, 0.5) is 5.82 Å². The molecule has 0 atom stereocenters. The first kappa shape index (κ1) is 11.5. The average molecular weight is 301 g/mol. The third kappa shape index (κ3) is 2.23. The Balaban J connectivity index is 2.30. The van der Waals surface area contributed by atoms with E-state index in [2.05, 4.69) is 21.0 Å². The Morgan fingerprint density at radius 2 is 2.25 bits per heavy atom. The van der Waals surface area contributed by atoms with Gasteiger partial charge in [0.05, 0.1) is 17.2 Å². The van der Waals surface area contributed by atoms with Crippen LogP contribution >= 0.6 is 27.5 Å². The number of nitrogen functional groups attached to an aromatic ring is 1. The van der Waals surface area contributed by atoms with E-state index < -0.39 is 0 Å². The molecule has 84 valence electrons. The molecule has 0 aliphatic rings. The van der Waals surface area contributed by atoms with Gasteiger partial charge < -0.3 is 5.73 Å². The maximum absolute atomic E-state index is 5.90. The molecule has 5 heteroatoms. The lowest BCUT2D eigenvalue weighted by atomic mass is 10.1. The second kappa shape index (κ2) is 4.47. The van der Waals surface area contributed by atoms with E-state index in [-0.39, 0.29) is 0 Å². The van der Waals surface area contributed by atoms with E-state index in [1.165, 1.54) is 0 Å². The maximum atomic E-state index is 5.90. The van der Waals surface area contributed by atoms with Crippen molar-refractivity contribution in [1.82, 2.24) is 9.78 Å². The van der Waals surface area contributed by atoms with Crippen molar-refractivity contribution in [3.8, 4) is 0 Å². The predicted molar refractivity (Wildman–Crippen MR) is 69.6 cm³/mol. The number of hydrogen-bond donors (Lipinski definition) is 1. The first-order chi connectivity index (χ1) is 7.58. The molecule has 0 spiro atoms. The van der Waals surface area contributed by atoms with Crippen LogP contribution in [-0.4, -0.2) is 9.78 Å². The van der Waals surface area contributed by atoms with Crippen molar-refractivity contribution < 1.29 is 0 Å². The Hall–Kier alpha value is -1.00. The lowest BCUT2D eigenvalue weighted by molar-refractivity contribution is 0.694. The first-order valence-electron chi connectivity index (χ1n) is 4.79. The fraction of sp³-hybridized carbons (Fsp3) is 0.182. The van der Waals surface area contributed by atoms with Crippen molar-refractivity contribution in [1.29, 1.82) is 0 Å². The molecule has 0 aliphatic carbocycles. The molecule has 0 saturated heterocycles. The molecule has 0 unspecified atom stereocenters. The van der Waals surface area contributed by atoms with E-state index in [1.807, 2.05) is 25.1 Å². The Morgan fingerprint density at radius 3 is 2.81 bits per heavy atom. The van der Waals surface area contributed by atoms with Gasteiger partial charge in [0.2, 0.25) is 0 Å². The highest BCUT2D eigenvalue weighted by molar-refractivity contribution is 9.10. The highest BCUT2D eigenvalue weighted by atomic mass is 79.9. The first-order valence-corrected chi connectivity index (χ1v) is 5.97. The van der Waals surface area contributed by atoms with Crippen LogP contribution in [-0.2, 0) is 6.54 Å². The number of anilines is 1. The lowest BCUT2D eigenvalue weighted by Crippen LogP contribution is -2.06. The largest absolute Gasteiger partial charge is 0.383 e. The van der Waals surface area contributed by atoms with Gasteiger partial charge in [0.15, 0.2) is 0 Å². The molecule has 3 nitrogen and oxygen atoms in total. The van der Waals surface area contributed by atoms with Gasteiger partial charge in [0.25, 0.3) is 0 Å². The van der Waals surface area contributed by atoms with Crippen molar-refractivity contribution in [2.45, 2.75) is 13.5 Å². The number of halogens is 2. The van der Waals surface area contributed by atoms with Gasteiger partial charge in [0, 0.05) is 5.02 Å². The highest BCUT2D eigenvalue weighted by Gasteiger charge is 2.06. The molecule has 1 aromatic carbocycles. The summed E-state index contributed by atoms with van der Waals surface area (Å²) in [4.78, 5) is 0. The van der Waals surface area contributed by atoms with Crippen molar-refractivity contribution >= 4 is 33.3 Å². The number of nitrogens with two attached hydrogens (primary N) is 1. The van der Waals surface area contributed by atoms with Crippen LogP contribution in [0.1, 0.15) is 11.1 Å². The lowest BCUT2D eigenvalue weighted by Gasteiger charge is -2.08. The summed E-state index contributed by atoms with van der Waals surface area (Å²) in [5.41, 5.74) is 8.15. The number of rotatable bonds is 2. The number of aromatic nitrogens is 2. The monoisotopic (exact) mass is 299 g/mol. The average Bonchev–Trinajstić information content (AvgIpc) is 2.54. The number of hydrogen-bond acceptors (Lipinski definition) is 2. The van der Waals surface area contributed by atoms with Crippen LogP contribution in [0.15, 0.2) is 28.9 Å². The van der Waals surface area contributed by atoms with Crippen LogP contribution in [0.5, 0.6) is 0 Å². The molecule has 16 heavy (non-hydrogen) atoms. The van der Waals surface area contributed by atoms with Gasteiger partial charge in [-0.3, -0.25) is 0 Å². The van der Waals surface area contributed by atoms with Crippen LogP contribution in [0, 0.1) is 6.92 Å². The second-order valence-corrected chi connectivity index (χ2v) is 4.90. The zero-order chi connectivity index (χ0) is 11.7.